The number of para-hydroxylation sites is 2. The number of aromatic amines is 2. The van der Waals surface area contributed by atoms with Crippen LogP contribution in [0.15, 0.2) is 42.6 Å². The third kappa shape index (κ3) is 1.44. The second kappa shape index (κ2) is 3.57. The summed E-state index contributed by atoms with van der Waals surface area (Å²) in [5.41, 5.74) is 2.90. The molecular formula is C12H9N3S. The van der Waals surface area contributed by atoms with Gasteiger partial charge in [-0.1, -0.05) is 24.4 Å². The van der Waals surface area contributed by atoms with E-state index >= 15 is 0 Å². The van der Waals surface area contributed by atoms with Crippen molar-refractivity contribution < 1.29 is 0 Å². The molecule has 0 saturated carbocycles. The Bertz CT molecular complexity index is 663. The molecule has 0 atom stereocenters. The highest BCUT2D eigenvalue weighted by Gasteiger charge is 2.05. The summed E-state index contributed by atoms with van der Waals surface area (Å²) in [6.07, 6.45) is 1.81. The predicted octanol–water partition coefficient (Wildman–Crippen LogP) is 3.29. The molecule has 1 aromatic carbocycles. The molecule has 2 aromatic heterocycles. The molecule has 0 unspecified atom stereocenters. The molecule has 16 heavy (non-hydrogen) atoms. The second-order valence-corrected chi connectivity index (χ2v) is 3.92. The van der Waals surface area contributed by atoms with Crippen molar-refractivity contribution in [3.63, 3.8) is 0 Å². The maximum atomic E-state index is 5.22. The van der Waals surface area contributed by atoms with Gasteiger partial charge in [0.2, 0.25) is 0 Å². The van der Waals surface area contributed by atoms with Gasteiger partial charge in [-0.25, -0.2) is 4.98 Å². The smallest absolute Gasteiger partial charge is 0.141 e. The zero-order valence-electron chi connectivity index (χ0n) is 8.40. The predicted molar refractivity (Wildman–Crippen MR) is 66.7 cm³/mol. The lowest BCUT2D eigenvalue weighted by atomic mass is 10.3. The molecule has 0 radical (unpaired) electrons. The molecule has 0 amide bonds. The van der Waals surface area contributed by atoms with Gasteiger partial charge < -0.3 is 9.97 Å². The number of nitrogens with one attached hydrogen (secondary N) is 2. The number of aromatic nitrogens is 3. The van der Waals surface area contributed by atoms with Crippen molar-refractivity contribution in [1.29, 1.82) is 0 Å². The zero-order chi connectivity index (χ0) is 11.0. The summed E-state index contributed by atoms with van der Waals surface area (Å²) in [6, 6.07) is 11.8. The topological polar surface area (TPSA) is 44.5 Å². The van der Waals surface area contributed by atoms with E-state index in [4.69, 9.17) is 12.2 Å². The van der Waals surface area contributed by atoms with Crippen LogP contribution in [0.25, 0.3) is 22.4 Å². The molecule has 0 aliphatic carbocycles. The molecule has 0 fully saturated rings. The summed E-state index contributed by atoms with van der Waals surface area (Å²) in [5, 5.41) is 0. The van der Waals surface area contributed by atoms with Crippen LogP contribution in [0.2, 0.25) is 0 Å². The Morgan fingerprint density at radius 1 is 1.06 bits per heavy atom. The van der Waals surface area contributed by atoms with Gasteiger partial charge in [-0.3, -0.25) is 0 Å². The van der Waals surface area contributed by atoms with E-state index in [1.165, 1.54) is 0 Å². The molecule has 0 bridgehead atoms. The van der Waals surface area contributed by atoms with Gasteiger partial charge >= 0.3 is 0 Å². The van der Waals surface area contributed by atoms with Crippen LogP contribution in [0.1, 0.15) is 0 Å². The standard InChI is InChI=1S/C12H9N3S/c16-12-8(4-3-7-13-12)11-14-9-5-1-2-6-10(9)15-11/h1-7H,(H,13,16)(H,14,15). The van der Waals surface area contributed by atoms with E-state index in [1.807, 2.05) is 42.6 Å². The SMILES string of the molecule is S=c1[nH]cccc1-c1nc2ccccc2[nH]1. The Kier molecular flexibility index (Phi) is 2.08. The molecular weight excluding hydrogens is 218 g/mol. The first-order chi connectivity index (χ1) is 7.84. The number of rotatable bonds is 1. The minimum Gasteiger partial charge on any atom is -0.352 e. The number of imidazole rings is 1. The fourth-order valence-electron chi connectivity index (χ4n) is 1.69. The normalized spacial score (nSPS) is 10.8. The summed E-state index contributed by atoms with van der Waals surface area (Å²) < 4.78 is 0.696. The summed E-state index contributed by atoms with van der Waals surface area (Å²) in [5.74, 6) is 0.808. The minimum atomic E-state index is 0.696. The van der Waals surface area contributed by atoms with E-state index in [2.05, 4.69) is 15.0 Å². The highest BCUT2D eigenvalue weighted by molar-refractivity contribution is 7.71. The lowest BCUT2D eigenvalue weighted by Crippen LogP contribution is -1.83. The van der Waals surface area contributed by atoms with Crippen LogP contribution < -0.4 is 0 Å². The van der Waals surface area contributed by atoms with Crippen LogP contribution in [0, 0.1) is 4.64 Å². The highest BCUT2D eigenvalue weighted by Crippen LogP contribution is 2.20. The number of hydrogen-bond donors (Lipinski definition) is 2. The first-order valence-electron chi connectivity index (χ1n) is 4.97. The van der Waals surface area contributed by atoms with Gasteiger partial charge in [-0.2, -0.15) is 0 Å². The summed E-state index contributed by atoms with van der Waals surface area (Å²) in [6.45, 7) is 0. The number of hydrogen-bond acceptors (Lipinski definition) is 2. The molecule has 3 nitrogen and oxygen atoms in total. The first kappa shape index (κ1) is 9.30. The van der Waals surface area contributed by atoms with E-state index in [0.717, 1.165) is 22.4 Å². The average Bonchev–Trinajstić information content (AvgIpc) is 2.73. The van der Waals surface area contributed by atoms with Crippen LogP contribution in [-0.4, -0.2) is 15.0 Å². The van der Waals surface area contributed by atoms with Crippen molar-refractivity contribution in [2.45, 2.75) is 0 Å². The second-order valence-electron chi connectivity index (χ2n) is 3.52. The molecule has 0 aliphatic rings. The van der Waals surface area contributed by atoms with Gasteiger partial charge in [0.1, 0.15) is 10.5 Å². The number of pyridine rings is 1. The van der Waals surface area contributed by atoms with Gasteiger partial charge in [0.15, 0.2) is 0 Å². The Hall–Kier alpha value is -1.94. The third-order valence-corrected chi connectivity index (χ3v) is 2.80. The van der Waals surface area contributed by atoms with Gasteiger partial charge in [0, 0.05) is 6.20 Å². The Labute approximate surface area is 97.2 Å². The van der Waals surface area contributed by atoms with Crippen molar-refractivity contribution in [2.24, 2.45) is 0 Å². The lowest BCUT2D eigenvalue weighted by Gasteiger charge is -1.94. The molecule has 78 valence electrons. The minimum absolute atomic E-state index is 0.696. The van der Waals surface area contributed by atoms with E-state index in [-0.39, 0.29) is 0 Å². The molecule has 2 heterocycles. The number of benzene rings is 1. The van der Waals surface area contributed by atoms with Crippen molar-refractivity contribution in [3.8, 4) is 11.4 Å². The largest absolute Gasteiger partial charge is 0.352 e. The fraction of sp³-hybridized carbons (Fsp3) is 0. The van der Waals surface area contributed by atoms with Crippen LogP contribution in [-0.2, 0) is 0 Å². The molecule has 2 N–H and O–H groups in total. The average molecular weight is 227 g/mol. The van der Waals surface area contributed by atoms with E-state index < -0.39 is 0 Å². The molecule has 3 rings (SSSR count). The Balaban J connectivity index is 2.27. The lowest BCUT2D eigenvalue weighted by molar-refractivity contribution is 1.25. The summed E-state index contributed by atoms with van der Waals surface area (Å²) in [7, 11) is 0. The number of H-pyrrole nitrogens is 2. The van der Waals surface area contributed by atoms with E-state index in [9.17, 15) is 0 Å². The maximum Gasteiger partial charge on any atom is 0.141 e. The summed E-state index contributed by atoms with van der Waals surface area (Å²) >= 11 is 5.22. The van der Waals surface area contributed by atoms with Crippen LogP contribution in [0.5, 0.6) is 0 Å². The van der Waals surface area contributed by atoms with Gasteiger partial charge in [0.05, 0.1) is 16.6 Å². The van der Waals surface area contributed by atoms with E-state index in [1.54, 1.807) is 0 Å². The maximum absolute atomic E-state index is 5.22. The first-order valence-corrected chi connectivity index (χ1v) is 5.38. The Morgan fingerprint density at radius 2 is 1.94 bits per heavy atom. The van der Waals surface area contributed by atoms with Crippen molar-refractivity contribution in [2.75, 3.05) is 0 Å². The molecule has 0 aliphatic heterocycles. The quantitative estimate of drug-likeness (QED) is 0.626. The van der Waals surface area contributed by atoms with Gasteiger partial charge in [0.25, 0.3) is 0 Å². The van der Waals surface area contributed by atoms with Crippen LogP contribution in [0.3, 0.4) is 0 Å². The molecule has 3 aromatic rings. The highest BCUT2D eigenvalue weighted by atomic mass is 32.1. The number of nitrogens with zero attached hydrogens (tertiary/aromatic N) is 1. The van der Waals surface area contributed by atoms with Gasteiger partial charge in [-0.15, -0.1) is 0 Å². The van der Waals surface area contributed by atoms with Crippen LogP contribution in [0.4, 0.5) is 0 Å². The van der Waals surface area contributed by atoms with Gasteiger partial charge in [-0.05, 0) is 24.3 Å². The molecule has 4 heteroatoms. The summed E-state index contributed by atoms with van der Waals surface area (Å²) in [4.78, 5) is 10.8. The Morgan fingerprint density at radius 3 is 2.75 bits per heavy atom. The number of fused-ring (bicyclic) bond motifs is 1. The van der Waals surface area contributed by atoms with Crippen molar-refractivity contribution in [3.05, 3.63) is 47.2 Å². The fourth-order valence-corrected chi connectivity index (χ4v) is 1.92. The zero-order valence-corrected chi connectivity index (χ0v) is 9.21. The molecule has 0 spiro atoms. The van der Waals surface area contributed by atoms with Crippen LogP contribution >= 0.6 is 12.2 Å². The monoisotopic (exact) mass is 227 g/mol. The molecule has 0 saturated heterocycles. The van der Waals surface area contributed by atoms with Crippen molar-refractivity contribution >= 4 is 23.3 Å². The van der Waals surface area contributed by atoms with E-state index in [0.29, 0.717) is 4.64 Å². The van der Waals surface area contributed by atoms with Crippen molar-refractivity contribution in [1.82, 2.24) is 15.0 Å². The third-order valence-electron chi connectivity index (χ3n) is 2.46.